The highest BCUT2D eigenvalue weighted by atomic mass is 32.2. The Kier molecular flexibility index (Phi) is 3.69. The van der Waals surface area contributed by atoms with Crippen molar-refractivity contribution in [1.82, 2.24) is 9.44 Å². The van der Waals surface area contributed by atoms with E-state index in [9.17, 15) is 13.2 Å². The zero-order valence-electron chi connectivity index (χ0n) is 8.62. The molecule has 0 aromatic heterocycles. The summed E-state index contributed by atoms with van der Waals surface area (Å²) in [5, 5.41) is 9.04. The predicted octanol–water partition coefficient (Wildman–Crippen LogP) is -0.172. The van der Waals surface area contributed by atoms with Gasteiger partial charge >= 0.3 is 5.97 Å². The van der Waals surface area contributed by atoms with Gasteiger partial charge in [-0.2, -0.15) is 13.1 Å². The molecule has 6 nitrogen and oxygen atoms in total. The van der Waals surface area contributed by atoms with E-state index in [0.29, 0.717) is 12.8 Å². The summed E-state index contributed by atoms with van der Waals surface area (Å²) in [6.45, 7) is 1.88. The van der Waals surface area contributed by atoms with Gasteiger partial charge in [0.2, 0.25) is 0 Å². The zero-order chi connectivity index (χ0) is 11.5. The van der Waals surface area contributed by atoms with Crippen LogP contribution in [-0.4, -0.2) is 31.6 Å². The molecule has 0 aliphatic heterocycles. The summed E-state index contributed by atoms with van der Waals surface area (Å²) in [6.07, 6.45) is 2.18. The Labute approximate surface area is 89.2 Å². The lowest BCUT2D eigenvalue weighted by Gasteiger charge is -2.24. The molecule has 1 rings (SSSR count). The van der Waals surface area contributed by atoms with E-state index >= 15 is 0 Å². The molecule has 0 heterocycles. The van der Waals surface area contributed by atoms with Gasteiger partial charge in [0.1, 0.15) is 5.54 Å². The van der Waals surface area contributed by atoms with Gasteiger partial charge in [0, 0.05) is 6.54 Å². The molecule has 1 aliphatic carbocycles. The van der Waals surface area contributed by atoms with Crippen molar-refractivity contribution in [3.8, 4) is 0 Å². The van der Waals surface area contributed by atoms with Crippen molar-refractivity contribution in [1.29, 1.82) is 0 Å². The van der Waals surface area contributed by atoms with Crippen molar-refractivity contribution in [2.75, 3.05) is 6.54 Å². The SMILES string of the molecule is CCNS(=O)(=O)NC1(C(=O)O)CCCC1. The van der Waals surface area contributed by atoms with Crippen LogP contribution in [0.4, 0.5) is 0 Å². The maximum Gasteiger partial charge on any atom is 0.324 e. The molecular weight excluding hydrogens is 220 g/mol. The average Bonchev–Trinajstić information content (AvgIpc) is 2.52. The number of nitrogens with one attached hydrogen (secondary N) is 2. The van der Waals surface area contributed by atoms with Crippen molar-refractivity contribution in [2.24, 2.45) is 0 Å². The summed E-state index contributed by atoms with van der Waals surface area (Å²) in [5.74, 6) is -1.10. The quantitative estimate of drug-likeness (QED) is 0.617. The predicted molar refractivity (Wildman–Crippen MR) is 54.6 cm³/mol. The summed E-state index contributed by atoms with van der Waals surface area (Å²) in [6, 6.07) is 0. The largest absolute Gasteiger partial charge is 0.480 e. The molecule has 1 aliphatic rings. The molecule has 0 atom stereocenters. The Hall–Kier alpha value is -0.660. The molecule has 1 fully saturated rings. The molecule has 0 radical (unpaired) electrons. The maximum absolute atomic E-state index is 11.4. The molecule has 3 N–H and O–H groups in total. The van der Waals surface area contributed by atoms with E-state index in [-0.39, 0.29) is 6.54 Å². The van der Waals surface area contributed by atoms with Gasteiger partial charge in [-0.3, -0.25) is 4.79 Å². The first-order valence-electron chi connectivity index (χ1n) is 4.94. The van der Waals surface area contributed by atoms with Crippen molar-refractivity contribution >= 4 is 16.2 Å². The van der Waals surface area contributed by atoms with Crippen molar-refractivity contribution < 1.29 is 18.3 Å². The van der Waals surface area contributed by atoms with Gasteiger partial charge in [-0.05, 0) is 12.8 Å². The lowest BCUT2D eigenvalue weighted by atomic mass is 10.0. The number of carboxylic acids is 1. The average molecular weight is 236 g/mol. The number of carbonyl (C=O) groups is 1. The Morgan fingerprint density at radius 3 is 2.33 bits per heavy atom. The number of hydrogen-bond donors (Lipinski definition) is 3. The van der Waals surface area contributed by atoms with Crippen LogP contribution in [0.15, 0.2) is 0 Å². The maximum atomic E-state index is 11.4. The second kappa shape index (κ2) is 4.46. The van der Waals surface area contributed by atoms with Gasteiger partial charge in [0.05, 0.1) is 0 Å². The smallest absolute Gasteiger partial charge is 0.324 e. The van der Waals surface area contributed by atoms with Crippen LogP contribution >= 0.6 is 0 Å². The highest BCUT2D eigenvalue weighted by Crippen LogP contribution is 2.30. The van der Waals surface area contributed by atoms with Crippen LogP contribution in [0.5, 0.6) is 0 Å². The van der Waals surface area contributed by atoms with Gasteiger partial charge in [0.15, 0.2) is 0 Å². The second-order valence-electron chi connectivity index (χ2n) is 3.70. The molecular formula is C8H16N2O4S. The van der Waals surface area contributed by atoms with Crippen LogP contribution in [0.25, 0.3) is 0 Å². The number of carboxylic acid groups (broad SMARTS) is 1. The van der Waals surface area contributed by atoms with Gasteiger partial charge in [0.25, 0.3) is 10.2 Å². The first-order valence-corrected chi connectivity index (χ1v) is 6.42. The molecule has 0 aromatic rings. The minimum atomic E-state index is -3.70. The topological polar surface area (TPSA) is 95.5 Å². The third-order valence-corrected chi connectivity index (χ3v) is 3.86. The molecule has 15 heavy (non-hydrogen) atoms. The standard InChI is InChI=1S/C8H16N2O4S/c1-2-9-15(13,14)10-8(7(11)12)5-3-4-6-8/h9-10H,2-6H2,1H3,(H,11,12). The van der Waals surface area contributed by atoms with E-state index in [0.717, 1.165) is 12.8 Å². The van der Waals surface area contributed by atoms with E-state index in [2.05, 4.69) is 9.44 Å². The van der Waals surface area contributed by atoms with E-state index in [4.69, 9.17) is 5.11 Å². The summed E-state index contributed by atoms with van der Waals surface area (Å²) in [5.41, 5.74) is -1.30. The third kappa shape index (κ3) is 2.90. The van der Waals surface area contributed by atoms with Crippen LogP contribution in [-0.2, 0) is 15.0 Å². The number of aliphatic carboxylic acids is 1. The van der Waals surface area contributed by atoms with Crippen LogP contribution in [0, 0.1) is 0 Å². The van der Waals surface area contributed by atoms with E-state index in [1.807, 2.05) is 0 Å². The summed E-state index contributed by atoms with van der Waals surface area (Å²) in [4.78, 5) is 11.1. The van der Waals surface area contributed by atoms with Gasteiger partial charge < -0.3 is 5.11 Å². The molecule has 0 bridgehead atoms. The van der Waals surface area contributed by atoms with E-state index < -0.39 is 21.7 Å². The third-order valence-electron chi connectivity index (χ3n) is 2.53. The van der Waals surface area contributed by atoms with Gasteiger partial charge in [-0.25, -0.2) is 4.72 Å². The summed E-state index contributed by atoms with van der Waals surface area (Å²) in [7, 11) is -3.70. The molecule has 0 spiro atoms. The Balaban J connectivity index is 2.80. The Morgan fingerprint density at radius 1 is 1.40 bits per heavy atom. The fraction of sp³-hybridized carbons (Fsp3) is 0.875. The fourth-order valence-electron chi connectivity index (χ4n) is 1.82. The minimum absolute atomic E-state index is 0.241. The van der Waals surface area contributed by atoms with Crippen LogP contribution < -0.4 is 9.44 Å². The monoisotopic (exact) mass is 236 g/mol. The van der Waals surface area contributed by atoms with Crippen LogP contribution in [0.1, 0.15) is 32.6 Å². The van der Waals surface area contributed by atoms with Crippen LogP contribution in [0.3, 0.4) is 0 Å². The van der Waals surface area contributed by atoms with Crippen molar-refractivity contribution in [3.05, 3.63) is 0 Å². The molecule has 0 amide bonds. The molecule has 0 saturated heterocycles. The Morgan fingerprint density at radius 2 is 1.93 bits per heavy atom. The van der Waals surface area contributed by atoms with Gasteiger partial charge in [-0.15, -0.1) is 0 Å². The fourth-order valence-corrected chi connectivity index (χ4v) is 3.08. The molecule has 88 valence electrons. The number of rotatable bonds is 5. The summed E-state index contributed by atoms with van der Waals surface area (Å²) < 4.78 is 27.3. The molecule has 0 aromatic carbocycles. The lowest BCUT2D eigenvalue weighted by Crippen LogP contribution is -2.55. The van der Waals surface area contributed by atoms with E-state index in [1.54, 1.807) is 6.92 Å². The first kappa shape index (κ1) is 12.4. The summed E-state index contributed by atoms with van der Waals surface area (Å²) >= 11 is 0. The Bertz CT molecular complexity index is 333. The van der Waals surface area contributed by atoms with Crippen molar-refractivity contribution in [2.45, 2.75) is 38.1 Å². The lowest BCUT2D eigenvalue weighted by molar-refractivity contribution is -0.143. The number of hydrogen-bond acceptors (Lipinski definition) is 3. The first-order chi connectivity index (χ1) is 6.92. The highest BCUT2D eigenvalue weighted by molar-refractivity contribution is 7.87. The molecule has 1 saturated carbocycles. The van der Waals surface area contributed by atoms with E-state index in [1.165, 1.54) is 0 Å². The normalized spacial score (nSPS) is 20.3. The van der Waals surface area contributed by atoms with Gasteiger partial charge in [-0.1, -0.05) is 19.8 Å². The van der Waals surface area contributed by atoms with Crippen molar-refractivity contribution in [3.63, 3.8) is 0 Å². The second-order valence-corrected chi connectivity index (χ2v) is 5.20. The van der Waals surface area contributed by atoms with Crippen LogP contribution in [0.2, 0.25) is 0 Å². The molecule has 7 heteroatoms. The highest BCUT2D eigenvalue weighted by Gasteiger charge is 2.44. The zero-order valence-corrected chi connectivity index (χ0v) is 9.43. The minimum Gasteiger partial charge on any atom is -0.480 e. The molecule has 0 unspecified atom stereocenters.